The Kier molecular flexibility index (Phi) is 2.85. The summed E-state index contributed by atoms with van der Waals surface area (Å²) in [7, 11) is 0. The van der Waals surface area contributed by atoms with Gasteiger partial charge in [0.1, 0.15) is 0 Å². The summed E-state index contributed by atoms with van der Waals surface area (Å²) in [6, 6.07) is 14.8. The quantitative estimate of drug-likeness (QED) is 0.679. The van der Waals surface area contributed by atoms with E-state index in [9.17, 15) is 0 Å². The highest BCUT2D eigenvalue weighted by Crippen LogP contribution is 2.17. The zero-order chi connectivity index (χ0) is 12.4. The number of pyridine rings is 1. The number of rotatable bonds is 3. The van der Waals surface area contributed by atoms with Gasteiger partial charge in [0.2, 0.25) is 0 Å². The summed E-state index contributed by atoms with van der Waals surface area (Å²) in [4.78, 5) is 4.36. The van der Waals surface area contributed by atoms with Crippen molar-refractivity contribution >= 4 is 10.9 Å². The fraction of sp³-hybridized carbons (Fsp3) is 0.188. The van der Waals surface area contributed by atoms with Crippen molar-refractivity contribution in [3.05, 3.63) is 66.1 Å². The third-order valence-corrected chi connectivity index (χ3v) is 3.26. The van der Waals surface area contributed by atoms with Gasteiger partial charge in [0.15, 0.2) is 0 Å². The molecule has 1 aromatic carbocycles. The number of aromatic nitrogens is 2. The van der Waals surface area contributed by atoms with Crippen LogP contribution in [0.4, 0.5) is 0 Å². The summed E-state index contributed by atoms with van der Waals surface area (Å²) < 4.78 is 2.30. The summed E-state index contributed by atoms with van der Waals surface area (Å²) in [6.07, 6.45) is 4.98. The van der Waals surface area contributed by atoms with E-state index in [-0.39, 0.29) is 0 Å². The minimum absolute atomic E-state index is 0.971. The van der Waals surface area contributed by atoms with Crippen molar-refractivity contribution in [2.45, 2.75) is 19.9 Å². The Morgan fingerprint density at radius 3 is 2.89 bits per heavy atom. The summed E-state index contributed by atoms with van der Waals surface area (Å²) >= 11 is 0. The summed E-state index contributed by atoms with van der Waals surface area (Å²) in [5.74, 6) is 0. The standard InChI is InChI=1S/C16H16N2/c1-13-5-6-14-7-10-18(16(14)12-13)11-8-15-4-2-3-9-17-15/h2-7,9-10,12H,8,11H2,1H3. The van der Waals surface area contributed by atoms with Crippen molar-refractivity contribution in [2.75, 3.05) is 0 Å². The third-order valence-electron chi connectivity index (χ3n) is 3.26. The van der Waals surface area contributed by atoms with Gasteiger partial charge in [0.05, 0.1) is 0 Å². The van der Waals surface area contributed by atoms with E-state index in [1.54, 1.807) is 0 Å². The van der Waals surface area contributed by atoms with E-state index in [0.29, 0.717) is 0 Å². The summed E-state index contributed by atoms with van der Waals surface area (Å²) in [5.41, 5.74) is 3.76. The highest BCUT2D eigenvalue weighted by molar-refractivity contribution is 5.80. The molecule has 0 aliphatic heterocycles. The average molecular weight is 236 g/mol. The van der Waals surface area contributed by atoms with Gasteiger partial charge in [0, 0.05) is 36.6 Å². The zero-order valence-electron chi connectivity index (χ0n) is 10.5. The molecule has 0 saturated heterocycles. The van der Waals surface area contributed by atoms with Gasteiger partial charge in [-0.3, -0.25) is 4.98 Å². The van der Waals surface area contributed by atoms with Crippen LogP contribution in [0.25, 0.3) is 10.9 Å². The van der Waals surface area contributed by atoms with Gasteiger partial charge in [-0.25, -0.2) is 0 Å². The van der Waals surface area contributed by atoms with Crippen LogP contribution in [-0.4, -0.2) is 9.55 Å². The normalized spacial score (nSPS) is 10.9. The summed E-state index contributed by atoms with van der Waals surface area (Å²) in [6.45, 7) is 3.11. The van der Waals surface area contributed by atoms with E-state index in [2.05, 4.69) is 53.0 Å². The second-order valence-electron chi connectivity index (χ2n) is 4.64. The van der Waals surface area contributed by atoms with Crippen LogP contribution >= 0.6 is 0 Å². The van der Waals surface area contributed by atoms with Crippen LogP contribution in [0.15, 0.2) is 54.9 Å². The molecule has 0 radical (unpaired) electrons. The van der Waals surface area contributed by atoms with E-state index in [4.69, 9.17) is 0 Å². The van der Waals surface area contributed by atoms with E-state index in [1.165, 1.54) is 16.5 Å². The maximum atomic E-state index is 4.36. The van der Waals surface area contributed by atoms with E-state index >= 15 is 0 Å². The predicted octanol–water partition coefficient (Wildman–Crippen LogP) is 3.59. The molecule has 2 heteroatoms. The van der Waals surface area contributed by atoms with Crippen LogP contribution in [0.3, 0.4) is 0 Å². The fourth-order valence-electron chi connectivity index (χ4n) is 2.27. The lowest BCUT2D eigenvalue weighted by molar-refractivity contribution is 0.710. The Morgan fingerprint density at radius 1 is 1.11 bits per heavy atom. The van der Waals surface area contributed by atoms with Crippen molar-refractivity contribution in [1.82, 2.24) is 9.55 Å². The monoisotopic (exact) mass is 236 g/mol. The predicted molar refractivity (Wildman–Crippen MR) is 74.6 cm³/mol. The Bertz CT molecular complexity index is 653. The molecular formula is C16H16N2. The molecule has 2 heterocycles. The number of hydrogen-bond acceptors (Lipinski definition) is 1. The highest BCUT2D eigenvalue weighted by Gasteiger charge is 2.01. The SMILES string of the molecule is Cc1ccc2ccn(CCc3ccccn3)c2c1. The Morgan fingerprint density at radius 2 is 2.06 bits per heavy atom. The molecular weight excluding hydrogens is 220 g/mol. The van der Waals surface area contributed by atoms with Crippen molar-refractivity contribution in [2.24, 2.45) is 0 Å². The van der Waals surface area contributed by atoms with Crippen molar-refractivity contribution in [3.63, 3.8) is 0 Å². The first kappa shape index (κ1) is 11.0. The van der Waals surface area contributed by atoms with Gasteiger partial charge < -0.3 is 4.57 Å². The largest absolute Gasteiger partial charge is 0.347 e. The van der Waals surface area contributed by atoms with E-state index < -0.39 is 0 Å². The molecule has 90 valence electrons. The third kappa shape index (κ3) is 2.14. The maximum absolute atomic E-state index is 4.36. The first-order valence-electron chi connectivity index (χ1n) is 6.28. The minimum atomic E-state index is 0.971. The fourth-order valence-corrected chi connectivity index (χ4v) is 2.27. The molecule has 0 atom stereocenters. The molecule has 0 unspecified atom stereocenters. The second kappa shape index (κ2) is 4.65. The van der Waals surface area contributed by atoms with Crippen LogP contribution in [0.2, 0.25) is 0 Å². The minimum Gasteiger partial charge on any atom is -0.347 e. The lowest BCUT2D eigenvalue weighted by atomic mass is 10.2. The van der Waals surface area contributed by atoms with Gasteiger partial charge in [-0.15, -0.1) is 0 Å². The molecule has 3 rings (SSSR count). The molecule has 0 aliphatic rings. The smallest absolute Gasteiger partial charge is 0.0483 e. The Labute approximate surface area is 107 Å². The lowest BCUT2D eigenvalue weighted by Crippen LogP contribution is -2.01. The van der Waals surface area contributed by atoms with Crippen LogP contribution in [-0.2, 0) is 13.0 Å². The zero-order valence-corrected chi connectivity index (χ0v) is 10.5. The number of hydrogen-bond donors (Lipinski definition) is 0. The van der Waals surface area contributed by atoms with E-state index in [1.807, 2.05) is 18.3 Å². The first-order chi connectivity index (χ1) is 8.83. The van der Waals surface area contributed by atoms with Gasteiger partial charge in [-0.2, -0.15) is 0 Å². The molecule has 0 fully saturated rings. The molecule has 0 amide bonds. The van der Waals surface area contributed by atoms with Crippen molar-refractivity contribution in [3.8, 4) is 0 Å². The highest BCUT2D eigenvalue weighted by atomic mass is 15.0. The lowest BCUT2D eigenvalue weighted by Gasteiger charge is -2.05. The first-order valence-corrected chi connectivity index (χ1v) is 6.28. The van der Waals surface area contributed by atoms with Crippen LogP contribution in [0.1, 0.15) is 11.3 Å². The Hall–Kier alpha value is -2.09. The molecule has 0 aliphatic carbocycles. The molecule has 0 N–H and O–H groups in total. The molecule has 0 saturated carbocycles. The molecule has 3 aromatic rings. The van der Waals surface area contributed by atoms with Gasteiger partial charge in [-0.05, 0) is 42.1 Å². The summed E-state index contributed by atoms with van der Waals surface area (Å²) in [5, 5.41) is 1.31. The van der Waals surface area contributed by atoms with Crippen LogP contribution in [0, 0.1) is 6.92 Å². The average Bonchev–Trinajstić information content (AvgIpc) is 2.80. The molecule has 2 nitrogen and oxygen atoms in total. The Balaban J connectivity index is 1.85. The van der Waals surface area contributed by atoms with Crippen LogP contribution < -0.4 is 0 Å². The van der Waals surface area contributed by atoms with Gasteiger partial charge in [0.25, 0.3) is 0 Å². The van der Waals surface area contributed by atoms with Crippen molar-refractivity contribution in [1.29, 1.82) is 0 Å². The van der Waals surface area contributed by atoms with Crippen molar-refractivity contribution < 1.29 is 0 Å². The second-order valence-corrected chi connectivity index (χ2v) is 4.64. The van der Waals surface area contributed by atoms with E-state index in [0.717, 1.165) is 18.7 Å². The van der Waals surface area contributed by atoms with Gasteiger partial charge >= 0.3 is 0 Å². The van der Waals surface area contributed by atoms with Crippen LogP contribution in [0.5, 0.6) is 0 Å². The molecule has 18 heavy (non-hydrogen) atoms. The number of nitrogens with zero attached hydrogens (tertiary/aromatic N) is 2. The topological polar surface area (TPSA) is 17.8 Å². The number of fused-ring (bicyclic) bond motifs is 1. The number of aryl methyl sites for hydroxylation is 3. The molecule has 2 aromatic heterocycles. The molecule has 0 bridgehead atoms. The molecule has 0 spiro atoms. The maximum Gasteiger partial charge on any atom is 0.0483 e. The number of benzene rings is 1. The van der Waals surface area contributed by atoms with Gasteiger partial charge in [-0.1, -0.05) is 18.2 Å².